The van der Waals surface area contributed by atoms with E-state index in [0.717, 1.165) is 6.07 Å². The zero-order valence-electron chi connectivity index (χ0n) is 14.2. The van der Waals surface area contributed by atoms with Gasteiger partial charge in [-0.25, -0.2) is 18.4 Å². The van der Waals surface area contributed by atoms with Crippen molar-refractivity contribution in [3.05, 3.63) is 58.6 Å². The van der Waals surface area contributed by atoms with Crippen LogP contribution in [0.25, 0.3) is 0 Å². The Kier molecular flexibility index (Phi) is 6.42. The third-order valence-corrected chi connectivity index (χ3v) is 4.98. The molecule has 1 unspecified atom stereocenters. The molecule has 2 rings (SSSR count). The highest BCUT2D eigenvalue weighted by Crippen LogP contribution is 2.26. The van der Waals surface area contributed by atoms with E-state index in [1.807, 2.05) is 0 Å². The van der Waals surface area contributed by atoms with Gasteiger partial charge in [0.1, 0.15) is 10.6 Å². The fraction of sp³-hybridized carbons (Fsp3) is 0.176. The molecule has 0 aliphatic rings. The average Bonchev–Trinajstić information content (AvgIpc) is 2.59. The second kappa shape index (κ2) is 8.38. The molecule has 27 heavy (non-hydrogen) atoms. The maximum Gasteiger partial charge on any atom is 0.341 e. The largest absolute Gasteiger partial charge is 0.482 e. The normalized spacial score (nSPS) is 12.3. The second-order valence-corrected chi connectivity index (χ2v) is 7.54. The van der Waals surface area contributed by atoms with Crippen LogP contribution >= 0.6 is 11.6 Å². The van der Waals surface area contributed by atoms with Crippen molar-refractivity contribution in [3.63, 3.8) is 0 Å². The summed E-state index contributed by atoms with van der Waals surface area (Å²) in [5.41, 5.74) is 0.618. The molecular weight excluding hydrogens is 396 g/mol. The number of hydrogen-bond donors (Lipinski definition) is 3. The first-order valence-electron chi connectivity index (χ1n) is 7.66. The number of rotatable bonds is 7. The minimum atomic E-state index is -4.08. The van der Waals surface area contributed by atoms with Gasteiger partial charge >= 0.3 is 5.97 Å². The van der Waals surface area contributed by atoms with Crippen LogP contribution in [0.15, 0.2) is 47.4 Å². The third-order valence-electron chi connectivity index (χ3n) is 3.58. The smallest absolute Gasteiger partial charge is 0.341 e. The fourth-order valence-electron chi connectivity index (χ4n) is 2.33. The van der Waals surface area contributed by atoms with E-state index < -0.39 is 34.5 Å². The van der Waals surface area contributed by atoms with Crippen molar-refractivity contribution in [2.75, 3.05) is 6.61 Å². The molecule has 8 nitrogen and oxygen atoms in total. The number of nitrogens with two attached hydrogens (primary N) is 1. The van der Waals surface area contributed by atoms with Gasteiger partial charge in [0.2, 0.25) is 10.0 Å². The van der Waals surface area contributed by atoms with Crippen LogP contribution in [0, 0.1) is 0 Å². The van der Waals surface area contributed by atoms with Gasteiger partial charge in [-0.1, -0.05) is 29.8 Å². The molecule has 0 spiro atoms. The molecule has 0 bridgehead atoms. The number of aliphatic carboxylic acids is 1. The molecule has 0 saturated carbocycles. The van der Waals surface area contributed by atoms with Gasteiger partial charge < -0.3 is 15.2 Å². The quantitative estimate of drug-likeness (QED) is 0.635. The number of primary sulfonamides is 1. The van der Waals surface area contributed by atoms with Crippen molar-refractivity contribution >= 4 is 33.5 Å². The highest BCUT2D eigenvalue weighted by atomic mass is 35.5. The highest BCUT2D eigenvalue weighted by Gasteiger charge is 2.19. The van der Waals surface area contributed by atoms with Gasteiger partial charge in [-0.05, 0) is 31.2 Å². The van der Waals surface area contributed by atoms with Crippen molar-refractivity contribution in [3.8, 4) is 5.75 Å². The zero-order chi connectivity index (χ0) is 20.2. The van der Waals surface area contributed by atoms with Gasteiger partial charge in [-0.3, -0.25) is 4.79 Å². The summed E-state index contributed by atoms with van der Waals surface area (Å²) < 4.78 is 28.3. The Morgan fingerprint density at radius 3 is 2.56 bits per heavy atom. The number of carboxylic acid groups (broad SMARTS) is 1. The SMILES string of the molecule is CC(NC(=O)c1ccc(Cl)c(S(N)(=O)=O)c1)c1ccccc1OCC(=O)O. The number of carbonyl (C=O) groups is 2. The molecule has 0 radical (unpaired) electrons. The van der Waals surface area contributed by atoms with Crippen LogP contribution in [0.1, 0.15) is 28.9 Å². The summed E-state index contributed by atoms with van der Waals surface area (Å²) in [6.45, 7) is 1.16. The minimum absolute atomic E-state index is 0.0548. The summed E-state index contributed by atoms with van der Waals surface area (Å²) in [6, 6.07) is 9.83. The first-order chi connectivity index (χ1) is 12.6. The molecule has 0 heterocycles. The number of para-hydroxylation sites is 1. The topological polar surface area (TPSA) is 136 Å². The molecular formula is C17H17ClN2O6S. The number of ether oxygens (including phenoxy) is 1. The van der Waals surface area contributed by atoms with E-state index in [9.17, 15) is 18.0 Å². The van der Waals surface area contributed by atoms with Crippen molar-refractivity contribution in [2.45, 2.75) is 17.9 Å². The summed E-state index contributed by atoms with van der Waals surface area (Å²) in [6.07, 6.45) is 0. The monoisotopic (exact) mass is 412 g/mol. The van der Waals surface area contributed by atoms with Crippen LogP contribution < -0.4 is 15.2 Å². The maximum atomic E-state index is 12.5. The molecule has 1 amide bonds. The van der Waals surface area contributed by atoms with Crippen LogP contribution in [0.4, 0.5) is 0 Å². The van der Waals surface area contributed by atoms with Crippen LogP contribution in [0.2, 0.25) is 5.02 Å². The highest BCUT2D eigenvalue weighted by molar-refractivity contribution is 7.89. The van der Waals surface area contributed by atoms with Crippen LogP contribution in [0.3, 0.4) is 0 Å². The molecule has 0 saturated heterocycles. The Bertz CT molecular complexity index is 977. The fourth-order valence-corrected chi connectivity index (χ4v) is 3.40. The van der Waals surface area contributed by atoms with Crippen LogP contribution in [-0.4, -0.2) is 32.0 Å². The van der Waals surface area contributed by atoms with Gasteiger partial charge in [0, 0.05) is 11.1 Å². The molecule has 2 aromatic rings. The number of amides is 1. The number of sulfonamides is 1. The molecule has 2 aromatic carbocycles. The van der Waals surface area contributed by atoms with Crippen molar-refractivity contribution < 1.29 is 27.9 Å². The lowest BCUT2D eigenvalue weighted by Gasteiger charge is -2.18. The van der Waals surface area contributed by atoms with Crippen LogP contribution in [0.5, 0.6) is 5.75 Å². The predicted octanol–water partition coefficient (Wildman–Crippen LogP) is 1.94. The molecule has 0 fully saturated rings. The Hall–Kier alpha value is -2.62. The van der Waals surface area contributed by atoms with E-state index in [1.54, 1.807) is 31.2 Å². The van der Waals surface area contributed by atoms with Gasteiger partial charge in [0.25, 0.3) is 5.91 Å². The lowest BCUT2D eigenvalue weighted by Crippen LogP contribution is -2.27. The molecule has 10 heteroatoms. The molecule has 144 valence electrons. The summed E-state index contributed by atoms with van der Waals surface area (Å²) >= 11 is 5.81. The number of carbonyl (C=O) groups excluding carboxylic acids is 1. The van der Waals surface area contributed by atoms with E-state index in [-0.39, 0.29) is 15.5 Å². The van der Waals surface area contributed by atoms with Gasteiger partial charge in [-0.2, -0.15) is 0 Å². The molecule has 0 aliphatic carbocycles. The van der Waals surface area contributed by atoms with E-state index in [0.29, 0.717) is 11.3 Å². The number of hydrogen-bond acceptors (Lipinski definition) is 5. The Morgan fingerprint density at radius 2 is 1.93 bits per heavy atom. The second-order valence-electron chi connectivity index (χ2n) is 5.61. The van der Waals surface area contributed by atoms with Gasteiger partial charge in [0.15, 0.2) is 6.61 Å². The van der Waals surface area contributed by atoms with Crippen molar-refractivity contribution in [1.82, 2.24) is 5.32 Å². The summed E-state index contributed by atoms with van der Waals surface area (Å²) in [5.74, 6) is -1.37. The van der Waals surface area contributed by atoms with Crippen LogP contribution in [-0.2, 0) is 14.8 Å². The lowest BCUT2D eigenvalue weighted by atomic mass is 10.1. The number of halogens is 1. The summed E-state index contributed by atoms with van der Waals surface area (Å²) in [5, 5.41) is 16.4. The van der Waals surface area contributed by atoms with E-state index in [2.05, 4.69) is 5.32 Å². The van der Waals surface area contributed by atoms with Gasteiger partial charge in [-0.15, -0.1) is 0 Å². The van der Waals surface area contributed by atoms with Gasteiger partial charge in [0.05, 0.1) is 11.1 Å². The molecule has 1 atom stereocenters. The molecule has 0 aromatic heterocycles. The summed E-state index contributed by atoms with van der Waals surface area (Å²) in [7, 11) is -4.08. The number of carboxylic acids is 1. The maximum absolute atomic E-state index is 12.5. The Balaban J connectivity index is 2.23. The molecule has 4 N–H and O–H groups in total. The predicted molar refractivity (Wildman–Crippen MR) is 98.3 cm³/mol. The van der Waals surface area contributed by atoms with Crippen molar-refractivity contribution in [1.29, 1.82) is 0 Å². The molecule has 0 aliphatic heterocycles. The first-order valence-corrected chi connectivity index (χ1v) is 9.58. The lowest BCUT2D eigenvalue weighted by molar-refractivity contribution is -0.139. The zero-order valence-corrected chi connectivity index (χ0v) is 15.8. The Labute approximate surface area is 160 Å². The minimum Gasteiger partial charge on any atom is -0.482 e. The average molecular weight is 413 g/mol. The van der Waals surface area contributed by atoms with E-state index in [1.165, 1.54) is 12.1 Å². The first kappa shape index (κ1) is 20.7. The number of benzene rings is 2. The van der Waals surface area contributed by atoms with Crippen molar-refractivity contribution in [2.24, 2.45) is 5.14 Å². The Morgan fingerprint density at radius 1 is 1.26 bits per heavy atom. The summed E-state index contributed by atoms with van der Waals surface area (Å²) in [4.78, 5) is 22.8. The standard InChI is InChI=1S/C17H17ClN2O6S/c1-10(12-4-2-3-5-14(12)26-9-16(21)22)20-17(23)11-6-7-13(18)15(8-11)27(19,24)25/h2-8,10H,9H2,1H3,(H,20,23)(H,21,22)(H2,19,24,25). The van der Waals surface area contributed by atoms with E-state index >= 15 is 0 Å². The third kappa shape index (κ3) is 5.43. The van der Waals surface area contributed by atoms with E-state index in [4.69, 9.17) is 26.6 Å². The number of nitrogens with one attached hydrogen (secondary N) is 1.